The van der Waals surface area contributed by atoms with Crippen LogP contribution in [0.4, 0.5) is 0 Å². The van der Waals surface area contributed by atoms with E-state index in [4.69, 9.17) is 4.74 Å². The smallest absolute Gasteiger partial charge is 0.254 e. The molecule has 2 unspecified atom stereocenters. The number of nitrogens with one attached hydrogen (secondary N) is 1. The van der Waals surface area contributed by atoms with Crippen molar-refractivity contribution in [2.45, 2.75) is 29.3 Å². The third-order valence-electron chi connectivity index (χ3n) is 9.44. The highest BCUT2D eigenvalue weighted by atomic mass is 32.2. The number of ether oxygens (including phenoxy) is 1. The van der Waals surface area contributed by atoms with Gasteiger partial charge >= 0.3 is 0 Å². The van der Waals surface area contributed by atoms with Crippen LogP contribution in [0.5, 0.6) is 5.75 Å². The summed E-state index contributed by atoms with van der Waals surface area (Å²) < 4.78 is 33.7. The zero-order valence-corrected chi connectivity index (χ0v) is 26.9. The lowest BCUT2D eigenvalue weighted by atomic mass is 9.85. The van der Waals surface area contributed by atoms with Crippen LogP contribution in [0, 0.1) is 23.2 Å². The molecule has 3 aliphatic rings. The van der Waals surface area contributed by atoms with Gasteiger partial charge in [-0.3, -0.25) is 24.5 Å². The minimum atomic E-state index is -3.75. The van der Waals surface area contributed by atoms with Crippen molar-refractivity contribution in [1.29, 1.82) is 5.26 Å². The van der Waals surface area contributed by atoms with Crippen molar-refractivity contribution in [3.8, 4) is 11.8 Å². The van der Waals surface area contributed by atoms with Gasteiger partial charge in [-0.25, -0.2) is 8.42 Å². The quantitative estimate of drug-likeness (QED) is 0.200. The first-order valence-corrected chi connectivity index (χ1v) is 17.0. The summed E-state index contributed by atoms with van der Waals surface area (Å²) in [6, 6.07) is 21.9. The molecule has 11 nitrogen and oxygen atoms in total. The number of pyridine rings is 2. The predicted molar refractivity (Wildman–Crippen MR) is 175 cm³/mol. The molecule has 1 N–H and O–H groups in total. The van der Waals surface area contributed by atoms with Gasteiger partial charge in [0.05, 0.1) is 23.6 Å². The molecule has 0 spiro atoms. The number of hydrogen-bond donors (Lipinski definition) is 1. The van der Waals surface area contributed by atoms with Crippen molar-refractivity contribution in [3.63, 3.8) is 0 Å². The molecular formula is C36H32N6O5S. The molecule has 1 saturated carbocycles. The third-order valence-corrected chi connectivity index (χ3v) is 11.3. The van der Waals surface area contributed by atoms with Gasteiger partial charge in [-0.05, 0) is 83.9 Å². The van der Waals surface area contributed by atoms with Crippen LogP contribution >= 0.6 is 0 Å². The SMILES string of the molecule is COc1ccc(S(=O)(=O)N2CC3C(C2)C3N2C(=O)C(Cc3ccncc3)(Cc3ccncc3)N/C2=C\C(=O)c2ccc(C#N)cc2)cc1. The number of benzene rings is 2. The Labute approximate surface area is 278 Å². The summed E-state index contributed by atoms with van der Waals surface area (Å²) in [4.78, 5) is 38.6. The second kappa shape index (κ2) is 12.3. The number of allylic oxidation sites excluding steroid dienone is 1. The lowest BCUT2D eigenvalue weighted by molar-refractivity contribution is -0.132. The fourth-order valence-electron chi connectivity index (χ4n) is 6.95. The molecule has 12 heteroatoms. The van der Waals surface area contributed by atoms with Crippen molar-refractivity contribution >= 4 is 21.7 Å². The standard InChI is InChI=1S/C36H32N6O5S/c1-47-28-6-8-29(9-7-28)48(45,46)41-22-30-31(23-41)34(30)42-33(18-32(43)27-4-2-26(21-37)3-5-27)40-36(35(42)44,19-24-10-14-38-15-11-24)20-25-12-16-39-17-13-25/h2-18,30-31,34,40H,19-20,22-23H2,1H3/b33-18+. The van der Waals surface area contributed by atoms with E-state index in [2.05, 4.69) is 21.4 Å². The predicted octanol–water partition coefficient (Wildman–Crippen LogP) is 3.36. The van der Waals surface area contributed by atoms with Gasteiger partial charge in [0.2, 0.25) is 10.0 Å². The monoisotopic (exact) mass is 660 g/mol. The summed E-state index contributed by atoms with van der Waals surface area (Å²) in [6.07, 6.45) is 8.83. The number of amides is 1. The number of carbonyl (C=O) groups is 2. The topological polar surface area (TPSA) is 146 Å². The van der Waals surface area contributed by atoms with Crippen LogP contribution in [0.2, 0.25) is 0 Å². The molecule has 48 heavy (non-hydrogen) atoms. The summed E-state index contributed by atoms with van der Waals surface area (Å²) >= 11 is 0. The van der Waals surface area contributed by atoms with Crippen LogP contribution < -0.4 is 10.1 Å². The molecule has 2 aromatic heterocycles. The molecule has 0 radical (unpaired) electrons. The molecule has 4 heterocycles. The summed E-state index contributed by atoms with van der Waals surface area (Å²) in [6.45, 7) is 0.512. The summed E-state index contributed by atoms with van der Waals surface area (Å²) in [7, 11) is -2.23. The third kappa shape index (κ3) is 5.72. The number of rotatable bonds is 10. The van der Waals surface area contributed by atoms with Crippen molar-refractivity contribution in [3.05, 3.63) is 132 Å². The van der Waals surface area contributed by atoms with Crippen molar-refractivity contribution < 1.29 is 22.7 Å². The highest BCUT2D eigenvalue weighted by Gasteiger charge is 2.65. The first-order chi connectivity index (χ1) is 23.2. The molecule has 2 aromatic carbocycles. The fourth-order valence-corrected chi connectivity index (χ4v) is 8.46. The number of fused-ring (bicyclic) bond motifs is 1. The molecule has 2 aliphatic heterocycles. The van der Waals surface area contributed by atoms with Gasteiger partial charge in [0, 0.05) is 80.2 Å². The second-order valence-corrected chi connectivity index (χ2v) is 14.3. The van der Waals surface area contributed by atoms with Crippen molar-refractivity contribution in [2.24, 2.45) is 11.8 Å². The largest absolute Gasteiger partial charge is 0.497 e. The fraction of sp³-hybridized carbons (Fsp3) is 0.250. The number of methoxy groups -OCH3 is 1. The lowest BCUT2D eigenvalue weighted by Gasteiger charge is -2.28. The Balaban J connectivity index is 1.22. The zero-order valence-electron chi connectivity index (χ0n) is 26.1. The molecule has 1 aliphatic carbocycles. The maximum atomic E-state index is 14.8. The van der Waals surface area contributed by atoms with Crippen molar-refractivity contribution in [1.82, 2.24) is 24.5 Å². The Morgan fingerprint density at radius 1 is 0.938 bits per heavy atom. The molecule has 0 bridgehead atoms. The van der Waals surface area contributed by atoms with Crippen LogP contribution in [-0.4, -0.2) is 71.1 Å². The highest BCUT2D eigenvalue weighted by molar-refractivity contribution is 7.89. The highest BCUT2D eigenvalue weighted by Crippen LogP contribution is 2.53. The zero-order chi connectivity index (χ0) is 33.5. The van der Waals surface area contributed by atoms with Gasteiger partial charge in [0.15, 0.2) is 5.78 Å². The van der Waals surface area contributed by atoms with E-state index < -0.39 is 15.6 Å². The van der Waals surface area contributed by atoms with E-state index >= 15 is 0 Å². The van der Waals surface area contributed by atoms with E-state index in [0.29, 0.717) is 35.5 Å². The van der Waals surface area contributed by atoms with E-state index in [1.54, 1.807) is 66.1 Å². The van der Waals surface area contributed by atoms with Crippen LogP contribution in [0.3, 0.4) is 0 Å². The normalized spacial score (nSPS) is 22.2. The average molecular weight is 661 g/mol. The number of aromatic nitrogens is 2. The van der Waals surface area contributed by atoms with Gasteiger partial charge in [-0.1, -0.05) is 0 Å². The molecule has 7 rings (SSSR count). The van der Waals surface area contributed by atoms with Gasteiger partial charge in [0.25, 0.3) is 5.91 Å². The number of ketones is 1. The first kappa shape index (κ1) is 31.2. The molecule has 1 amide bonds. The van der Waals surface area contributed by atoms with E-state index in [9.17, 15) is 23.3 Å². The lowest BCUT2D eigenvalue weighted by Crippen LogP contribution is -2.51. The molecule has 2 saturated heterocycles. The Bertz CT molecular complexity index is 1980. The van der Waals surface area contributed by atoms with E-state index in [-0.39, 0.29) is 47.6 Å². The number of nitriles is 1. The molecule has 4 aromatic rings. The Kier molecular flexibility index (Phi) is 8.02. The van der Waals surface area contributed by atoms with E-state index in [1.165, 1.54) is 29.6 Å². The van der Waals surface area contributed by atoms with Crippen LogP contribution in [-0.2, 0) is 27.7 Å². The van der Waals surface area contributed by atoms with Crippen LogP contribution in [0.25, 0.3) is 0 Å². The Hall–Kier alpha value is -5.38. The second-order valence-electron chi connectivity index (χ2n) is 12.3. The van der Waals surface area contributed by atoms with E-state index in [0.717, 1.165) is 11.1 Å². The van der Waals surface area contributed by atoms with Gasteiger partial charge in [-0.2, -0.15) is 9.57 Å². The van der Waals surface area contributed by atoms with E-state index in [1.807, 2.05) is 24.3 Å². The number of carbonyl (C=O) groups excluding carboxylic acids is 2. The first-order valence-electron chi connectivity index (χ1n) is 15.5. The van der Waals surface area contributed by atoms with Crippen LogP contribution in [0.15, 0.2) is 114 Å². The van der Waals surface area contributed by atoms with Gasteiger partial charge < -0.3 is 10.1 Å². The van der Waals surface area contributed by atoms with Crippen molar-refractivity contribution in [2.75, 3.05) is 20.2 Å². The Morgan fingerprint density at radius 2 is 1.50 bits per heavy atom. The van der Waals surface area contributed by atoms with Crippen LogP contribution in [0.1, 0.15) is 27.0 Å². The molecule has 2 atom stereocenters. The maximum Gasteiger partial charge on any atom is 0.254 e. The Morgan fingerprint density at radius 3 is 2.02 bits per heavy atom. The number of hydrogen-bond acceptors (Lipinski definition) is 9. The summed E-state index contributed by atoms with van der Waals surface area (Å²) in [5, 5.41) is 12.7. The number of nitrogens with zero attached hydrogens (tertiary/aromatic N) is 5. The minimum Gasteiger partial charge on any atom is -0.497 e. The molecule has 242 valence electrons. The van der Waals surface area contributed by atoms with Gasteiger partial charge in [0.1, 0.15) is 17.1 Å². The number of sulfonamides is 1. The number of piperidine rings is 1. The summed E-state index contributed by atoms with van der Waals surface area (Å²) in [5.74, 6) is 0.234. The molecular weight excluding hydrogens is 629 g/mol. The molecule has 3 fully saturated rings. The minimum absolute atomic E-state index is 0.102. The van der Waals surface area contributed by atoms with Gasteiger partial charge in [-0.15, -0.1) is 0 Å². The maximum absolute atomic E-state index is 14.8. The summed E-state index contributed by atoms with van der Waals surface area (Å²) in [5.41, 5.74) is 1.47. The average Bonchev–Trinajstić information content (AvgIpc) is 3.44.